The number of aromatic nitrogens is 4. The molecule has 2 aromatic heterocycles. The van der Waals surface area contributed by atoms with Crippen molar-refractivity contribution < 1.29 is 9.90 Å². The Bertz CT molecular complexity index is 952. The second-order valence-corrected chi connectivity index (χ2v) is 5.68. The van der Waals surface area contributed by atoms with E-state index in [0.717, 1.165) is 16.9 Å². The van der Waals surface area contributed by atoms with Crippen LogP contribution < -0.4 is 16.0 Å². The maximum absolute atomic E-state index is 10.9. The third kappa shape index (κ3) is 3.72. The summed E-state index contributed by atoms with van der Waals surface area (Å²) in [5.74, 6) is 1.99. The summed E-state index contributed by atoms with van der Waals surface area (Å²) in [6, 6.07) is 8.95. The largest absolute Gasteiger partial charge is 0.465 e. The number of carboxylic acid groups (broad SMARTS) is 1. The molecule has 3 rings (SSSR count). The van der Waals surface area contributed by atoms with Crippen LogP contribution in [0.2, 0.25) is 0 Å². The highest BCUT2D eigenvalue weighted by molar-refractivity contribution is 5.84. The van der Waals surface area contributed by atoms with Crippen LogP contribution in [0.4, 0.5) is 27.8 Å². The van der Waals surface area contributed by atoms with Crippen LogP contribution in [0.15, 0.2) is 36.7 Å². The minimum atomic E-state index is -1.11. The zero-order chi connectivity index (χ0) is 18.7. The predicted octanol–water partition coefficient (Wildman–Crippen LogP) is 3.15. The molecule has 0 aliphatic rings. The van der Waals surface area contributed by atoms with E-state index in [1.807, 2.05) is 26.0 Å². The Balaban J connectivity index is 1.97. The Morgan fingerprint density at radius 2 is 1.96 bits per heavy atom. The van der Waals surface area contributed by atoms with Gasteiger partial charge in [0.1, 0.15) is 18.0 Å². The maximum Gasteiger partial charge on any atom is 0.409 e. The van der Waals surface area contributed by atoms with Gasteiger partial charge >= 0.3 is 6.09 Å². The summed E-state index contributed by atoms with van der Waals surface area (Å²) >= 11 is 0. The fraction of sp³-hybridized carbons (Fsp3) is 0.176. The molecule has 3 aromatic rings. The summed E-state index contributed by atoms with van der Waals surface area (Å²) < 4.78 is 1.68. The molecule has 0 saturated heterocycles. The molecule has 0 aliphatic carbocycles. The summed E-state index contributed by atoms with van der Waals surface area (Å²) in [7, 11) is 1.78. The zero-order valence-corrected chi connectivity index (χ0v) is 14.6. The molecule has 0 saturated carbocycles. The van der Waals surface area contributed by atoms with E-state index in [1.165, 1.54) is 6.33 Å². The van der Waals surface area contributed by atoms with Crippen LogP contribution in [-0.4, -0.2) is 38.0 Å². The van der Waals surface area contributed by atoms with E-state index >= 15 is 0 Å². The van der Waals surface area contributed by atoms with Gasteiger partial charge in [-0.1, -0.05) is 6.07 Å². The molecule has 1 aromatic carbocycles. The quantitative estimate of drug-likeness (QED) is 0.556. The number of benzene rings is 1. The molecule has 0 aliphatic heterocycles. The molecule has 134 valence electrons. The Morgan fingerprint density at radius 1 is 1.15 bits per heavy atom. The van der Waals surface area contributed by atoms with Gasteiger partial charge in [0.15, 0.2) is 5.82 Å². The lowest BCUT2D eigenvalue weighted by atomic mass is 10.2. The van der Waals surface area contributed by atoms with Crippen LogP contribution in [0.1, 0.15) is 11.3 Å². The number of anilines is 4. The Hall–Kier alpha value is -3.62. The highest BCUT2D eigenvalue weighted by atomic mass is 16.4. The number of hydrogen-bond acceptors (Lipinski definition) is 6. The van der Waals surface area contributed by atoms with Crippen molar-refractivity contribution in [2.45, 2.75) is 13.8 Å². The summed E-state index contributed by atoms with van der Waals surface area (Å²) in [5, 5.41) is 22.0. The van der Waals surface area contributed by atoms with E-state index < -0.39 is 6.09 Å². The molecule has 2 heterocycles. The third-order valence-electron chi connectivity index (χ3n) is 3.71. The average molecular weight is 353 g/mol. The monoisotopic (exact) mass is 353 g/mol. The summed E-state index contributed by atoms with van der Waals surface area (Å²) in [6.07, 6.45) is 0.353. The van der Waals surface area contributed by atoms with Crippen LogP contribution in [0, 0.1) is 13.8 Å². The Morgan fingerprint density at radius 3 is 2.69 bits per heavy atom. The van der Waals surface area contributed by atoms with Crippen molar-refractivity contribution in [1.29, 1.82) is 0 Å². The highest BCUT2D eigenvalue weighted by Gasteiger charge is 2.12. The lowest BCUT2D eigenvalue weighted by molar-refractivity contribution is 0.210. The van der Waals surface area contributed by atoms with Gasteiger partial charge in [0.2, 0.25) is 0 Å². The SMILES string of the molecule is CNc1cc(-n2nc(C)cc2Nc2cc(NC(=O)O)ccc2C)ncn1. The van der Waals surface area contributed by atoms with Gasteiger partial charge < -0.3 is 15.7 Å². The number of aryl methyl sites for hydroxylation is 2. The van der Waals surface area contributed by atoms with Gasteiger partial charge in [-0.05, 0) is 31.5 Å². The van der Waals surface area contributed by atoms with Crippen molar-refractivity contribution in [2.75, 3.05) is 23.0 Å². The van der Waals surface area contributed by atoms with Crippen molar-refractivity contribution in [3.63, 3.8) is 0 Å². The van der Waals surface area contributed by atoms with Crippen LogP contribution >= 0.6 is 0 Å². The van der Waals surface area contributed by atoms with Gasteiger partial charge in [0.05, 0.1) is 5.69 Å². The number of hydrogen-bond donors (Lipinski definition) is 4. The molecule has 4 N–H and O–H groups in total. The molecule has 9 nitrogen and oxygen atoms in total. The fourth-order valence-electron chi connectivity index (χ4n) is 2.46. The van der Waals surface area contributed by atoms with Crippen LogP contribution in [0.3, 0.4) is 0 Å². The van der Waals surface area contributed by atoms with Gasteiger partial charge in [-0.2, -0.15) is 9.78 Å². The molecule has 9 heteroatoms. The second-order valence-electron chi connectivity index (χ2n) is 5.68. The molecule has 26 heavy (non-hydrogen) atoms. The predicted molar refractivity (Wildman–Crippen MR) is 99.5 cm³/mol. The van der Waals surface area contributed by atoms with E-state index in [-0.39, 0.29) is 0 Å². The van der Waals surface area contributed by atoms with Gasteiger partial charge in [0.25, 0.3) is 0 Å². The minimum absolute atomic E-state index is 0.480. The van der Waals surface area contributed by atoms with Crippen molar-refractivity contribution >= 4 is 29.1 Å². The topological polar surface area (TPSA) is 117 Å². The third-order valence-corrected chi connectivity index (χ3v) is 3.71. The van der Waals surface area contributed by atoms with E-state index in [1.54, 1.807) is 29.9 Å². The lowest BCUT2D eigenvalue weighted by Gasteiger charge is -2.13. The van der Waals surface area contributed by atoms with Gasteiger partial charge in [-0.25, -0.2) is 14.8 Å². The number of nitrogens with one attached hydrogen (secondary N) is 3. The summed E-state index contributed by atoms with van der Waals surface area (Å²) in [6.45, 7) is 3.82. The summed E-state index contributed by atoms with van der Waals surface area (Å²) in [4.78, 5) is 19.2. The molecule has 0 fully saturated rings. The van der Waals surface area contributed by atoms with E-state index in [4.69, 9.17) is 5.11 Å². The van der Waals surface area contributed by atoms with Gasteiger partial charge in [-0.15, -0.1) is 0 Å². The molecular weight excluding hydrogens is 334 g/mol. The second kappa shape index (κ2) is 7.09. The summed E-state index contributed by atoms with van der Waals surface area (Å²) in [5.41, 5.74) is 3.02. The molecule has 0 bridgehead atoms. The van der Waals surface area contributed by atoms with Crippen LogP contribution in [0.5, 0.6) is 0 Å². The Kier molecular flexibility index (Phi) is 4.70. The average Bonchev–Trinajstić information content (AvgIpc) is 2.98. The normalized spacial score (nSPS) is 10.4. The standard InChI is InChI=1S/C17H19N7O2/c1-10-4-5-12(21-17(25)26)7-13(10)22-16-6-11(2)23-24(16)15-8-14(18-3)19-9-20-15/h4-9,21-22H,1-3H3,(H,25,26)(H,18,19,20). The molecule has 0 radical (unpaired) electrons. The highest BCUT2D eigenvalue weighted by Crippen LogP contribution is 2.26. The van der Waals surface area contributed by atoms with Crippen LogP contribution in [-0.2, 0) is 0 Å². The Labute approximate surface area is 150 Å². The lowest BCUT2D eigenvalue weighted by Crippen LogP contribution is -2.09. The molecule has 0 atom stereocenters. The molecule has 0 spiro atoms. The smallest absolute Gasteiger partial charge is 0.409 e. The first-order chi connectivity index (χ1) is 12.5. The zero-order valence-electron chi connectivity index (χ0n) is 14.6. The first-order valence-corrected chi connectivity index (χ1v) is 7.90. The van der Waals surface area contributed by atoms with Crippen molar-refractivity contribution in [3.05, 3.63) is 47.9 Å². The van der Waals surface area contributed by atoms with Crippen molar-refractivity contribution in [1.82, 2.24) is 19.7 Å². The number of rotatable bonds is 5. The van der Waals surface area contributed by atoms with Gasteiger partial charge in [0, 0.05) is 30.6 Å². The van der Waals surface area contributed by atoms with E-state index in [2.05, 4.69) is 31.0 Å². The minimum Gasteiger partial charge on any atom is -0.465 e. The molecular formula is C17H19N7O2. The maximum atomic E-state index is 10.9. The first kappa shape index (κ1) is 17.2. The number of amides is 1. The van der Waals surface area contributed by atoms with Crippen molar-refractivity contribution in [2.24, 2.45) is 0 Å². The number of carbonyl (C=O) groups is 1. The van der Waals surface area contributed by atoms with Crippen molar-refractivity contribution in [3.8, 4) is 5.82 Å². The van der Waals surface area contributed by atoms with Gasteiger partial charge in [-0.3, -0.25) is 5.32 Å². The first-order valence-electron chi connectivity index (χ1n) is 7.90. The number of nitrogens with zero attached hydrogens (tertiary/aromatic N) is 4. The van der Waals surface area contributed by atoms with E-state index in [0.29, 0.717) is 23.1 Å². The molecule has 0 unspecified atom stereocenters. The molecule has 1 amide bonds. The fourth-order valence-corrected chi connectivity index (χ4v) is 2.46. The van der Waals surface area contributed by atoms with E-state index in [9.17, 15) is 4.79 Å². The van der Waals surface area contributed by atoms with Crippen LogP contribution in [0.25, 0.3) is 5.82 Å².